The first kappa shape index (κ1) is 15.9. The van der Waals surface area contributed by atoms with Gasteiger partial charge in [0.05, 0.1) is 0 Å². The van der Waals surface area contributed by atoms with Gasteiger partial charge < -0.3 is 10.6 Å². The fourth-order valence-corrected chi connectivity index (χ4v) is 1.80. The van der Waals surface area contributed by atoms with Gasteiger partial charge in [-0.2, -0.15) is 0 Å². The van der Waals surface area contributed by atoms with Gasteiger partial charge in [-0.25, -0.2) is 0 Å². The Morgan fingerprint density at radius 3 is 1.75 bits per heavy atom. The average Bonchev–Trinajstić information content (AvgIpc) is 2.31. The molecular formula is C14H32N2. The van der Waals surface area contributed by atoms with Crippen LogP contribution in [0.15, 0.2) is 0 Å². The number of unbranched alkanes of at least 4 members (excludes halogenated alkanes) is 5. The fraction of sp³-hybridized carbons (Fsp3) is 1.00. The summed E-state index contributed by atoms with van der Waals surface area (Å²) in [4.78, 5) is 0. The van der Waals surface area contributed by atoms with Crippen molar-refractivity contribution in [3.8, 4) is 0 Å². The molecule has 98 valence electrons. The maximum absolute atomic E-state index is 3.51. The molecule has 0 atom stereocenters. The van der Waals surface area contributed by atoms with Crippen LogP contribution in [0.1, 0.15) is 65.2 Å². The van der Waals surface area contributed by atoms with Crippen LogP contribution >= 0.6 is 0 Å². The summed E-state index contributed by atoms with van der Waals surface area (Å²) in [5.74, 6) is 0. The van der Waals surface area contributed by atoms with E-state index in [-0.39, 0.29) is 0 Å². The van der Waals surface area contributed by atoms with Crippen molar-refractivity contribution in [3.05, 3.63) is 0 Å². The normalized spacial score (nSPS) is 10.9. The van der Waals surface area contributed by atoms with Crippen LogP contribution in [0, 0.1) is 0 Å². The van der Waals surface area contributed by atoms with Gasteiger partial charge >= 0.3 is 0 Å². The number of rotatable bonds is 13. The lowest BCUT2D eigenvalue weighted by molar-refractivity contribution is 0.552. The van der Waals surface area contributed by atoms with E-state index in [1.807, 2.05) is 0 Å². The van der Waals surface area contributed by atoms with Crippen molar-refractivity contribution < 1.29 is 0 Å². The van der Waals surface area contributed by atoms with Gasteiger partial charge in [-0.05, 0) is 45.4 Å². The molecule has 0 aromatic rings. The second-order valence-corrected chi connectivity index (χ2v) is 4.62. The molecule has 0 heterocycles. The average molecular weight is 228 g/mol. The summed E-state index contributed by atoms with van der Waals surface area (Å²) in [5.41, 5.74) is 0. The number of nitrogens with one attached hydrogen (secondary N) is 2. The molecule has 2 N–H and O–H groups in total. The van der Waals surface area contributed by atoms with Crippen molar-refractivity contribution in [2.75, 3.05) is 26.2 Å². The predicted molar refractivity (Wildman–Crippen MR) is 74.0 cm³/mol. The molecule has 0 bridgehead atoms. The summed E-state index contributed by atoms with van der Waals surface area (Å²) >= 11 is 0. The zero-order chi connectivity index (χ0) is 11.9. The zero-order valence-electron chi connectivity index (χ0n) is 11.5. The minimum Gasteiger partial charge on any atom is -0.317 e. The molecule has 2 heteroatoms. The van der Waals surface area contributed by atoms with Crippen molar-refractivity contribution in [1.29, 1.82) is 0 Å². The Kier molecular flexibility index (Phi) is 14.8. The largest absolute Gasteiger partial charge is 0.317 e. The fourth-order valence-electron chi connectivity index (χ4n) is 1.80. The van der Waals surface area contributed by atoms with Crippen LogP contribution < -0.4 is 10.6 Å². The van der Waals surface area contributed by atoms with Gasteiger partial charge in [0.25, 0.3) is 0 Å². The second-order valence-electron chi connectivity index (χ2n) is 4.62. The summed E-state index contributed by atoms with van der Waals surface area (Å²) in [6.07, 6.45) is 10.9. The van der Waals surface area contributed by atoms with Gasteiger partial charge in [0, 0.05) is 0 Å². The van der Waals surface area contributed by atoms with Gasteiger partial charge in [-0.15, -0.1) is 0 Å². The molecule has 2 nitrogen and oxygen atoms in total. The maximum atomic E-state index is 3.51. The molecule has 0 fully saturated rings. The SMILES string of the molecule is CCCCCCCCNCCCNCCC. The highest BCUT2D eigenvalue weighted by Crippen LogP contribution is 2.03. The third kappa shape index (κ3) is 13.9. The summed E-state index contributed by atoms with van der Waals surface area (Å²) < 4.78 is 0. The van der Waals surface area contributed by atoms with E-state index >= 15 is 0 Å². The van der Waals surface area contributed by atoms with Crippen LogP contribution in [0.2, 0.25) is 0 Å². The highest BCUT2D eigenvalue weighted by atomic mass is 14.9. The first-order chi connectivity index (χ1) is 7.91. The molecule has 0 aliphatic heterocycles. The topological polar surface area (TPSA) is 24.1 Å². The molecule has 0 aliphatic rings. The second kappa shape index (κ2) is 14.9. The summed E-state index contributed by atoms with van der Waals surface area (Å²) in [5, 5.41) is 6.93. The van der Waals surface area contributed by atoms with Crippen molar-refractivity contribution in [1.82, 2.24) is 10.6 Å². The van der Waals surface area contributed by atoms with Crippen LogP contribution in [-0.2, 0) is 0 Å². The Bertz CT molecular complexity index is 101. The van der Waals surface area contributed by atoms with Gasteiger partial charge in [-0.1, -0.05) is 46.0 Å². The quantitative estimate of drug-likeness (QED) is 0.473. The molecular weight excluding hydrogens is 196 g/mol. The monoisotopic (exact) mass is 228 g/mol. The lowest BCUT2D eigenvalue weighted by atomic mass is 10.1. The molecule has 0 unspecified atom stereocenters. The molecule has 0 spiro atoms. The first-order valence-corrected chi connectivity index (χ1v) is 7.33. The van der Waals surface area contributed by atoms with Crippen LogP contribution in [-0.4, -0.2) is 26.2 Å². The summed E-state index contributed by atoms with van der Waals surface area (Å²) in [7, 11) is 0. The van der Waals surface area contributed by atoms with Gasteiger partial charge in [0.15, 0.2) is 0 Å². The molecule has 0 saturated heterocycles. The van der Waals surface area contributed by atoms with Crippen molar-refractivity contribution in [2.24, 2.45) is 0 Å². The van der Waals surface area contributed by atoms with E-state index in [4.69, 9.17) is 0 Å². The standard InChI is InChI=1S/C14H32N2/c1-3-5-6-7-8-9-12-16-14-10-13-15-11-4-2/h15-16H,3-14H2,1-2H3. The lowest BCUT2D eigenvalue weighted by Gasteiger charge is -2.05. The number of hydrogen-bond donors (Lipinski definition) is 2. The van der Waals surface area contributed by atoms with E-state index in [1.165, 1.54) is 64.5 Å². The highest BCUT2D eigenvalue weighted by Gasteiger charge is 1.91. The van der Waals surface area contributed by atoms with E-state index in [1.54, 1.807) is 0 Å². The van der Waals surface area contributed by atoms with Crippen molar-refractivity contribution in [3.63, 3.8) is 0 Å². The summed E-state index contributed by atoms with van der Waals surface area (Å²) in [6.45, 7) is 9.19. The van der Waals surface area contributed by atoms with Crippen LogP contribution in [0.25, 0.3) is 0 Å². The van der Waals surface area contributed by atoms with Crippen LogP contribution in [0.3, 0.4) is 0 Å². The third-order valence-electron chi connectivity index (χ3n) is 2.84. The molecule has 0 aromatic heterocycles. The molecule has 0 aliphatic carbocycles. The molecule has 16 heavy (non-hydrogen) atoms. The number of hydrogen-bond acceptors (Lipinski definition) is 2. The van der Waals surface area contributed by atoms with Crippen LogP contribution in [0.5, 0.6) is 0 Å². The maximum Gasteiger partial charge on any atom is -0.00368 e. The molecule has 0 radical (unpaired) electrons. The van der Waals surface area contributed by atoms with Gasteiger partial charge in [0.2, 0.25) is 0 Å². The van der Waals surface area contributed by atoms with Gasteiger partial charge in [-0.3, -0.25) is 0 Å². The van der Waals surface area contributed by atoms with E-state index in [0.717, 1.165) is 13.1 Å². The smallest absolute Gasteiger partial charge is 0.00368 e. The Morgan fingerprint density at radius 1 is 0.500 bits per heavy atom. The predicted octanol–water partition coefficient (Wildman–Crippen LogP) is 3.33. The lowest BCUT2D eigenvalue weighted by Crippen LogP contribution is -2.23. The van der Waals surface area contributed by atoms with Gasteiger partial charge in [0.1, 0.15) is 0 Å². The Labute approximate surface area is 103 Å². The van der Waals surface area contributed by atoms with E-state index in [2.05, 4.69) is 24.5 Å². The molecule has 0 amide bonds. The molecule has 0 rings (SSSR count). The zero-order valence-corrected chi connectivity index (χ0v) is 11.5. The Hall–Kier alpha value is -0.0800. The van der Waals surface area contributed by atoms with Crippen molar-refractivity contribution in [2.45, 2.75) is 65.2 Å². The third-order valence-corrected chi connectivity index (χ3v) is 2.84. The Morgan fingerprint density at radius 2 is 1.06 bits per heavy atom. The summed E-state index contributed by atoms with van der Waals surface area (Å²) in [6, 6.07) is 0. The van der Waals surface area contributed by atoms with Crippen LogP contribution in [0.4, 0.5) is 0 Å². The van der Waals surface area contributed by atoms with E-state index in [9.17, 15) is 0 Å². The van der Waals surface area contributed by atoms with E-state index in [0.29, 0.717) is 0 Å². The van der Waals surface area contributed by atoms with E-state index < -0.39 is 0 Å². The minimum absolute atomic E-state index is 1.16. The van der Waals surface area contributed by atoms with Crippen molar-refractivity contribution >= 4 is 0 Å². The Balaban J connectivity index is 2.83. The molecule has 0 saturated carbocycles. The molecule has 0 aromatic carbocycles. The minimum atomic E-state index is 1.16. The highest BCUT2D eigenvalue weighted by molar-refractivity contribution is 4.52. The first-order valence-electron chi connectivity index (χ1n) is 7.33.